The normalized spacial score (nSPS) is 26.0. The predicted molar refractivity (Wildman–Crippen MR) is 582 cm³/mol. The molecule has 21 rings (SSSR count). The number of likely N-dealkylation sites (tertiary alicyclic amines) is 1. The van der Waals surface area contributed by atoms with Crippen molar-refractivity contribution in [2.24, 2.45) is 0 Å². The summed E-state index contributed by atoms with van der Waals surface area (Å²) < 4.78 is 81.4. The second-order valence-electron chi connectivity index (χ2n) is 40.6. The molecule has 19 nitrogen and oxygen atoms in total. The molecule has 0 radical (unpaired) electrons. The summed E-state index contributed by atoms with van der Waals surface area (Å²) in [4.78, 5) is 15.7. The minimum atomic E-state index is 0.354. The van der Waals surface area contributed by atoms with Crippen molar-refractivity contribution >= 4 is 85.5 Å². The minimum absolute atomic E-state index is 0.354. The number of thiophene rings is 2. The molecule has 141 heavy (non-hydrogen) atoms. The van der Waals surface area contributed by atoms with Crippen LogP contribution in [0.1, 0.15) is 200 Å². The molecule has 0 bridgehead atoms. The van der Waals surface area contributed by atoms with E-state index in [2.05, 4.69) is 218 Å². The smallest absolute Gasteiger partial charge is 0.160 e. The molecule has 6 aliphatic heterocycles. The number of benzene rings is 7. The van der Waals surface area contributed by atoms with E-state index < -0.39 is 0 Å². The summed E-state index contributed by atoms with van der Waals surface area (Å²) in [5.74, 6) is 1.55. The van der Waals surface area contributed by atoms with E-state index in [1.54, 1.807) is 14.2 Å². The second-order valence-corrected chi connectivity index (χ2v) is 44.2. The van der Waals surface area contributed by atoms with Gasteiger partial charge in [-0.15, -0.1) is 22.7 Å². The first-order valence-corrected chi connectivity index (χ1v) is 58.2. The summed E-state index contributed by atoms with van der Waals surface area (Å²) >= 11 is 10.8. The minimum Gasteiger partial charge on any atom is -0.493 e. The van der Waals surface area contributed by atoms with E-state index in [0.29, 0.717) is 72.9 Å². The van der Waals surface area contributed by atoms with Gasteiger partial charge in [0.2, 0.25) is 0 Å². The fourth-order valence-corrected chi connectivity index (χ4v) is 26.9. The Morgan fingerprint density at radius 2 is 0.603 bits per heavy atom. The average molecular weight is 2100 g/mol. The van der Waals surface area contributed by atoms with Crippen molar-refractivity contribution in [3.05, 3.63) is 211 Å². The molecule has 0 amide bonds. The Labute approximate surface area is 869 Å². The van der Waals surface area contributed by atoms with Gasteiger partial charge in [-0.25, -0.2) is 0 Å². The molecule has 12 atom stereocenters. The molecule has 0 N–H and O–H groups in total. The highest BCUT2D eigenvalue weighted by molar-refractivity contribution is 9.10. The van der Waals surface area contributed by atoms with Gasteiger partial charge in [-0.05, 0) is 256 Å². The fourth-order valence-electron chi connectivity index (χ4n) is 24.1. The molecule has 6 saturated carbocycles. The Morgan fingerprint density at radius 1 is 0.277 bits per heavy atom. The van der Waals surface area contributed by atoms with Crippen LogP contribution >= 0.6 is 54.5 Å². The number of ether oxygens (including phenoxy) is 13. The summed E-state index contributed by atoms with van der Waals surface area (Å²) in [7, 11) is 3.34. The molecule has 6 aliphatic carbocycles. The first-order chi connectivity index (χ1) is 69.7. The Kier molecular flexibility index (Phi) is 46.3. The SMILES string of the molecule is Brc1cccc(CCO[C@H]2CCCCC2N2CCOCC2)c1.Brc1ccccc1CCO[C@H]1CCCCC1N1CCOCC1.COc1ccc(CCO[C@H]2CCCCC2N2CCOCC2)cc1OC.c1cc(CCO[C@H]2CCCCC2N2CCOCC2)c2ccsc2c1.c1ccc2c(CCO[C@H]3CCCCC3N3CCCC3)cccc2c1.c1ccc2c(CCO[C@H]3CCCCC3N3CCOCC3)csc2c1. The number of methoxy groups -OCH3 is 2. The van der Waals surface area contributed by atoms with Crippen LogP contribution in [0.15, 0.2) is 177 Å². The number of nitrogens with zero attached hydrogens (tertiary/aromatic N) is 6. The van der Waals surface area contributed by atoms with Crippen molar-refractivity contribution in [2.45, 2.75) is 278 Å². The fraction of sp³-hybridized carbons (Fsp3) is 0.627. The average Bonchev–Trinajstić information content (AvgIpc) is 1.29. The van der Waals surface area contributed by atoms with Crippen LogP contribution < -0.4 is 9.47 Å². The third-order valence-corrected chi connectivity index (χ3v) is 34.9. The zero-order valence-electron chi connectivity index (χ0n) is 85.1. The molecule has 6 unspecified atom stereocenters. The zero-order chi connectivity index (χ0) is 96.5. The molecular formula is C118H166Br2N6O13S2. The lowest BCUT2D eigenvalue weighted by atomic mass is 9.91. The summed E-state index contributed by atoms with van der Waals surface area (Å²) in [5, 5.41) is 10.0. The highest BCUT2D eigenvalue weighted by Crippen LogP contribution is 2.37. The maximum Gasteiger partial charge on any atom is 0.160 e. The van der Waals surface area contributed by atoms with Crippen molar-refractivity contribution in [1.82, 2.24) is 29.4 Å². The lowest BCUT2D eigenvalue weighted by molar-refractivity contribution is -0.0648. The maximum atomic E-state index is 6.42. The van der Waals surface area contributed by atoms with E-state index >= 15 is 0 Å². The molecule has 7 aromatic carbocycles. The lowest BCUT2D eigenvalue weighted by Crippen LogP contribution is -2.51. The molecule has 2 aromatic heterocycles. The third kappa shape index (κ3) is 33.3. The van der Waals surface area contributed by atoms with Gasteiger partial charge in [0.15, 0.2) is 11.5 Å². The molecule has 23 heteroatoms. The van der Waals surface area contributed by atoms with E-state index in [4.69, 9.17) is 61.6 Å². The predicted octanol–water partition coefficient (Wildman–Crippen LogP) is 23.2. The molecular weight excluding hydrogens is 1930 g/mol. The van der Waals surface area contributed by atoms with Crippen LogP contribution in [0.3, 0.4) is 0 Å². The summed E-state index contributed by atoms with van der Waals surface area (Å²) in [6, 6.07) is 59.5. The van der Waals surface area contributed by atoms with Gasteiger partial charge in [-0.3, -0.25) is 29.4 Å². The van der Waals surface area contributed by atoms with Gasteiger partial charge in [0, 0.05) is 120 Å². The van der Waals surface area contributed by atoms with Gasteiger partial charge < -0.3 is 61.6 Å². The number of hydrogen-bond acceptors (Lipinski definition) is 21. The van der Waals surface area contributed by atoms with Gasteiger partial charge in [0.1, 0.15) is 0 Å². The summed E-state index contributed by atoms with van der Waals surface area (Å²) in [6.45, 7) is 26.8. The number of hydrogen-bond donors (Lipinski definition) is 0. The Hall–Kier alpha value is -5.40. The Bertz CT molecular complexity index is 4990. The highest BCUT2D eigenvalue weighted by Gasteiger charge is 2.39. The number of rotatable bonds is 32. The largest absolute Gasteiger partial charge is 0.493 e. The molecule has 0 spiro atoms. The van der Waals surface area contributed by atoms with Crippen LogP contribution in [0, 0.1) is 0 Å². The Balaban J connectivity index is 0.000000122. The van der Waals surface area contributed by atoms with Gasteiger partial charge >= 0.3 is 0 Å². The van der Waals surface area contributed by atoms with Gasteiger partial charge in [-0.2, -0.15) is 0 Å². The highest BCUT2D eigenvalue weighted by atomic mass is 79.9. The monoisotopic (exact) mass is 2100 g/mol. The number of fused-ring (bicyclic) bond motifs is 3. The van der Waals surface area contributed by atoms with E-state index in [9.17, 15) is 0 Å². The van der Waals surface area contributed by atoms with E-state index in [1.807, 2.05) is 34.8 Å². The van der Waals surface area contributed by atoms with Crippen LogP contribution in [-0.4, -0.2) is 301 Å². The molecule has 9 aromatic rings. The van der Waals surface area contributed by atoms with Crippen LogP contribution in [0.25, 0.3) is 30.9 Å². The van der Waals surface area contributed by atoms with E-state index in [-0.39, 0.29) is 0 Å². The van der Waals surface area contributed by atoms with Crippen LogP contribution in [0.2, 0.25) is 0 Å². The molecule has 772 valence electrons. The maximum absolute atomic E-state index is 6.42. The van der Waals surface area contributed by atoms with Crippen molar-refractivity contribution in [3.8, 4) is 11.5 Å². The van der Waals surface area contributed by atoms with Crippen LogP contribution in [0.5, 0.6) is 11.5 Å². The van der Waals surface area contributed by atoms with Crippen molar-refractivity contribution in [2.75, 3.05) is 198 Å². The number of morpholine rings is 5. The molecule has 8 heterocycles. The van der Waals surface area contributed by atoms with Crippen molar-refractivity contribution < 1.29 is 61.6 Å². The first kappa shape index (κ1) is 108. The van der Waals surface area contributed by atoms with Crippen LogP contribution in [-0.2, 0) is 90.6 Å². The topological polar surface area (TPSA) is 139 Å². The summed E-state index contributed by atoms with van der Waals surface area (Å²) in [5.41, 5.74) is 8.18. The standard InChI is InChI=1S/C22H29NO.C20H31NO4.2C20H27NO2S.2C18H26BrNO2/c1-2-11-20-18(8-1)9-7-10-19(20)14-17-24-22-13-4-3-12-21(22)23-15-5-6-16-23;1-22-19-8-7-16(15-20(19)23-2)9-12-25-18-6-4-3-5-17(18)21-10-13-24-14-11-21;1-4-8-20-17(5-1)16(15-24-20)9-12-23-19-7-3-2-6-18(19)21-10-13-22-14-11-21;1-2-6-19(18(5-1)21-10-13-22-14-11-21)23-12-8-16-4-3-7-20-17(16)9-15-24-20;19-16-5-3-4-15(14-16)8-11-22-18-7-2-1-6-17(18)20-9-12-21-13-10-20;19-16-6-2-1-5-15(16)9-12-22-18-8-4-3-7-17(18)20-10-13-21-14-11-20/h1-2,7-11,21-22H,3-6,12-17H2;7-8,15,17-18H,3-6,9-14H2,1-2H3;1,4-5,8,15,18-19H,2-3,6-7,9-14H2;3-4,7,9,15,18-19H,1-2,5-6,8,10-14H2;3-5,14,17-18H,1-2,6-13H2;1-2,5-6,17-18H,3-4,7-14H2/t21?,22-;17?,18-;2*18?,19-;2*17?,18-/m000000/s1. The van der Waals surface area contributed by atoms with Crippen molar-refractivity contribution in [1.29, 1.82) is 0 Å². The second kappa shape index (κ2) is 60.3. The van der Waals surface area contributed by atoms with Crippen LogP contribution in [0.4, 0.5) is 0 Å². The lowest BCUT2D eigenvalue weighted by Gasteiger charge is -2.41. The quantitative estimate of drug-likeness (QED) is 0.0394. The van der Waals surface area contributed by atoms with Gasteiger partial charge in [0.05, 0.1) is 157 Å². The van der Waals surface area contributed by atoms with E-state index in [0.717, 1.165) is 226 Å². The Morgan fingerprint density at radius 3 is 1.04 bits per heavy atom. The molecule has 12 fully saturated rings. The van der Waals surface area contributed by atoms with Gasteiger partial charge in [-0.1, -0.05) is 218 Å². The summed E-state index contributed by atoms with van der Waals surface area (Å²) in [6.07, 6.45) is 42.0. The van der Waals surface area contributed by atoms with E-state index in [1.165, 1.54) is 249 Å². The molecule has 12 aliphatic rings. The van der Waals surface area contributed by atoms with Crippen molar-refractivity contribution in [3.63, 3.8) is 0 Å². The molecule has 6 saturated heterocycles. The third-order valence-electron chi connectivity index (χ3n) is 31.8. The number of halogens is 2. The zero-order valence-corrected chi connectivity index (χ0v) is 89.9. The van der Waals surface area contributed by atoms with Gasteiger partial charge in [0.25, 0.3) is 0 Å². The first-order valence-electron chi connectivity index (χ1n) is 54.8.